The number of imide groups is 1. The van der Waals surface area contributed by atoms with Gasteiger partial charge >= 0.3 is 0 Å². The van der Waals surface area contributed by atoms with Gasteiger partial charge in [-0.25, -0.2) is 4.90 Å². The van der Waals surface area contributed by atoms with Crippen molar-refractivity contribution in [1.29, 1.82) is 0 Å². The number of benzene rings is 1. The molecule has 1 unspecified atom stereocenters. The standard InChI is InChI=1S/C15H20N2O2/c1-9(2)15(4)8-13(18)17(14(15)19)12-6-5-11(16)7-10(12)3/h5-7,9H,8,16H2,1-4H3. The van der Waals surface area contributed by atoms with Crippen LogP contribution in [0.1, 0.15) is 32.8 Å². The lowest BCUT2D eigenvalue weighted by Gasteiger charge is -2.26. The molecule has 1 aromatic carbocycles. The first-order valence-corrected chi connectivity index (χ1v) is 6.51. The van der Waals surface area contributed by atoms with Crippen LogP contribution in [-0.4, -0.2) is 11.8 Å². The van der Waals surface area contributed by atoms with Crippen LogP contribution in [0.4, 0.5) is 11.4 Å². The largest absolute Gasteiger partial charge is 0.399 e. The molecule has 0 spiro atoms. The first kappa shape index (κ1) is 13.6. The predicted octanol–water partition coefficient (Wildman–Crippen LogP) is 2.50. The summed E-state index contributed by atoms with van der Waals surface area (Å²) in [6.45, 7) is 7.68. The Hall–Kier alpha value is -1.84. The van der Waals surface area contributed by atoms with Crippen molar-refractivity contribution in [3.05, 3.63) is 23.8 Å². The second kappa shape index (κ2) is 4.37. The number of amides is 2. The minimum atomic E-state index is -0.606. The Morgan fingerprint density at radius 1 is 1.32 bits per heavy atom. The van der Waals surface area contributed by atoms with Crippen molar-refractivity contribution >= 4 is 23.2 Å². The van der Waals surface area contributed by atoms with Crippen LogP contribution < -0.4 is 10.6 Å². The second-order valence-corrected chi connectivity index (χ2v) is 5.83. The molecule has 0 aliphatic carbocycles. The SMILES string of the molecule is Cc1cc(N)ccc1N1C(=O)CC(C)(C(C)C)C1=O. The smallest absolute Gasteiger partial charge is 0.240 e. The van der Waals surface area contributed by atoms with Crippen molar-refractivity contribution in [2.75, 3.05) is 10.6 Å². The number of nitrogens with zero attached hydrogens (tertiary/aromatic N) is 1. The zero-order valence-corrected chi connectivity index (χ0v) is 11.9. The van der Waals surface area contributed by atoms with E-state index in [4.69, 9.17) is 5.73 Å². The Morgan fingerprint density at radius 2 is 1.95 bits per heavy atom. The zero-order valence-electron chi connectivity index (χ0n) is 11.9. The first-order chi connectivity index (χ1) is 8.77. The van der Waals surface area contributed by atoms with Crippen molar-refractivity contribution in [3.63, 3.8) is 0 Å². The lowest BCUT2D eigenvalue weighted by molar-refractivity contribution is -0.126. The average molecular weight is 260 g/mol. The van der Waals surface area contributed by atoms with E-state index in [1.807, 2.05) is 27.7 Å². The van der Waals surface area contributed by atoms with Crippen molar-refractivity contribution in [1.82, 2.24) is 0 Å². The Bertz CT molecular complexity index is 551. The van der Waals surface area contributed by atoms with Crippen LogP contribution in [0.2, 0.25) is 0 Å². The van der Waals surface area contributed by atoms with Crippen molar-refractivity contribution in [3.8, 4) is 0 Å². The maximum absolute atomic E-state index is 12.6. The van der Waals surface area contributed by atoms with E-state index in [0.717, 1.165) is 5.56 Å². The van der Waals surface area contributed by atoms with Crippen LogP contribution in [0.3, 0.4) is 0 Å². The topological polar surface area (TPSA) is 63.4 Å². The van der Waals surface area contributed by atoms with Gasteiger partial charge in [-0.3, -0.25) is 9.59 Å². The van der Waals surface area contributed by atoms with Gasteiger partial charge in [0.25, 0.3) is 0 Å². The highest BCUT2D eigenvalue weighted by atomic mass is 16.2. The molecule has 1 saturated heterocycles. The minimum Gasteiger partial charge on any atom is -0.399 e. The molecule has 1 aromatic rings. The van der Waals surface area contributed by atoms with Gasteiger partial charge in [0.1, 0.15) is 0 Å². The third kappa shape index (κ3) is 2.01. The molecular formula is C15H20N2O2. The van der Waals surface area contributed by atoms with E-state index in [1.54, 1.807) is 18.2 Å². The summed E-state index contributed by atoms with van der Waals surface area (Å²) >= 11 is 0. The molecule has 1 aliphatic rings. The summed E-state index contributed by atoms with van der Waals surface area (Å²) in [7, 11) is 0. The molecule has 0 aromatic heterocycles. The Kier molecular flexibility index (Phi) is 3.12. The fourth-order valence-corrected chi connectivity index (χ4v) is 2.46. The van der Waals surface area contributed by atoms with E-state index >= 15 is 0 Å². The summed E-state index contributed by atoms with van der Waals surface area (Å²) in [5, 5.41) is 0. The van der Waals surface area contributed by atoms with Gasteiger partial charge in [-0.15, -0.1) is 0 Å². The Labute approximate surface area is 113 Å². The molecule has 0 saturated carbocycles. The Morgan fingerprint density at radius 3 is 2.42 bits per heavy atom. The normalized spacial score (nSPS) is 23.5. The minimum absolute atomic E-state index is 0.111. The lowest BCUT2D eigenvalue weighted by atomic mass is 9.78. The number of carbonyl (C=O) groups excluding carboxylic acids is 2. The highest BCUT2D eigenvalue weighted by Gasteiger charge is 2.50. The van der Waals surface area contributed by atoms with Gasteiger partial charge < -0.3 is 5.73 Å². The van der Waals surface area contributed by atoms with Gasteiger partial charge in [0.15, 0.2) is 0 Å². The summed E-state index contributed by atoms with van der Waals surface area (Å²) in [5.74, 6) is -0.113. The van der Waals surface area contributed by atoms with Gasteiger partial charge in [0, 0.05) is 12.1 Å². The summed E-state index contributed by atoms with van der Waals surface area (Å²) in [6, 6.07) is 5.24. The van der Waals surface area contributed by atoms with Crippen LogP contribution in [0, 0.1) is 18.3 Å². The van der Waals surface area contributed by atoms with Gasteiger partial charge in [0.05, 0.1) is 11.1 Å². The summed E-state index contributed by atoms with van der Waals surface area (Å²) < 4.78 is 0. The summed E-state index contributed by atoms with van der Waals surface area (Å²) in [5.41, 5.74) is 7.22. The molecule has 0 bridgehead atoms. The molecule has 19 heavy (non-hydrogen) atoms. The second-order valence-electron chi connectivity index (χ2n) is 5.83. The van der Waals surface area contributed by atoms with E-state index in [-0.39, 0.29) is 24.2 Å². The molecule has 4 nitrogen and oxygen atoms in total. The van der Waals surface area contributed by atoms with Crippen molar-refractivity contribution < 1.29 is 9.59 Å². The number of anilines is 2. The average Bonchev–Trinajstić information content (AvgIpc) is 2.53. The summed E-state index contributed by atoms with van der Waals surface area (Å²) in [4.78, 5) is 26.1. The highest BCUT2D eigenvalue weighted by Crippen LogP contribution is 2.42. The molecule has 0 radical (unpaired) electrons. The predicted molar refractivity (Wildman–Crippen MR) is 75.6 cm³/mol. The number of nitrogen functional groups attached to an aromatic ring is 1. The molecular weight excluding hydrogens is 240 g/mol. The molecule has 2 amide bonds. The van der Waals surface area contributed by atoms with E-state index in [0.29, 0.717) is 11.4 Å². The lowest BCUT2D eigenvalue weighted by Crippen LogP contribution is -2.37. The van der Waals surface area contributed by atoms with Crippen LogP contribution in [0.5, 0.6) is 0 Å². The van der Waals surface area contributed by atoms with E-state index in [1.165, 1.54) is 4.90 Å². The quantitative estimate of drug-likeness (QED) is 0.656. The molecule has 2 rings (SSSR count). The maximum Gasteiger partial charge on any atom is 0.240 e. The first-order valence-electron chi connectivity index (χ1n) is 6.51. The van der Waals surface area contributed by atoms with Crippen LogP contribution in [0.25, 0.3) is 0 Å². The van der Waals surface area contributed by atoms with Crippen molar-refractivity contribution in [2.45, 2.75) is 34.1 Å². The molecule has 1 aliphatic heterocycles. The third-order valence-electron chi connectivity index (χ3n) is 4.20. The van der Waals surface area contributed by atoms with E-state index in [2.05, 4.69) is 0 Å². The molecule has 1 fully saturated rings. The van der Waals surface area contributed by atoms with Gasteiger partial charge in [-0.2, -0.15) is 0 Å². The van der Waals surface area contributed by atoms with Crippen molar-refractivity contribution in [2.24, 2.45) is 11.3 Å². The highest BCUT2D eigenvalue weighted by molar-refractivity contribution is 6.22. The van der Waals surface area contributed by atoms with E-state index in [9.17, 15) is 9.59 Å². The Balaban J connectivity index is 2.46. The number of hydrogen-bond acceptors (Lipinski definition) is 3. The molecule has 4 heteroatoms. The molecule has 2 N–H and O–H groups in total. The fraction of sp³-hybridized carbons (Fsp3) is 0.467. The van der Waals surface area contributed by atoms with Crippen LogP contribution in [0.15, 0.2) is 18.2 Å². The third-order valence-corrected chi connectivity index (χ3v) is 4.20. The maximum atomic E-state index is 12.6. The zero-order chi connectivity index (χ0) is 14.4. The van der Waals surface area contributed by atoms with Gasteiger partial charge in [-0.1, -0.05) is 13.8 Å². The fourth-order valence-electron chi connectivity index (χ4n) is 2.46. The van der Waals surface area contributed by atoms with Crippen LogP contribution >= 0.6 is 0 Å². The molecule has 1 heterocycles. The number of aryl methyl sites for hydroxylation is 1. The van der Waals surface area contributed by atoms with E-state index < -0.39 is 5.41 Å². The summed E-state index contributed by atoms with van der Waals surface area (Å²) in [6.07, 6.45) is 0.271. The number of rotatable bonds is 2. The number of carbonyl (C=O) groups is 2. The molecule has 102 valence electrons. The van der Waals surface area contributed by atoms with Crippen LogP contribution in [-0.2, 0) is 9.59 Å². The van der Waals surface area contributed by atoms with Gasteiger partial charge in [-0.05, 0) is 43.5 Å². The number of hydrogen-bond donors (Lipinski definition) is 1. The monoisotopic (exact) mass is 260 g/mol. The molecule has 1 atom stereocenters. The number of nitrogens with two attached hydrogens (primary N) is 1. The van der Waals surface area contributed by atoms with Gasteiger partial charge in [0.2, 0.25) is 11.8 Å².